The van der Waals surface area contributed by atoms with E-state index in [2.05, 4.69) is 5.32 Å². The molecule has 0 saturated heterocycles. The normalized spacial score (nSPS) is 13.0. The summed E-state index contributed by atoms with van der Waals surface area (Å²) in [7, 11) is 0. The molecule has 0 saturated carbocycles. The number of aryl methyl sites for hydroxylation is 1. The van der Waals surface area contributed by atoms with Crippen LogP contribution < -0.4 is 14.8 Å². The minimum atomic E-state index is -0.548. The minimum absolute atomic E-state index is 0.126. The molecule has 2 atom stereocenters. The highest BCUT2D eigenvalue weighted by molar-refractivity contribution is 5.89. The number of carbonyl (C=O) groups is 1. The average Bonchev–Trinajstić information content (AvgIpc) is 2.71. The molecule has 1 amide bonds. The molecule has 0 radical (unpaired) electrons. The SMILES string of the molecule is CCC(Oc1cccc2ccccc12)C(=O)NC(C)COc1ccc(C)cc1. The predicted molar refractivity (Wildman–Crippen MR) is 113 cm³/mol. The van der Waals surface area contributed by atoms with Gasteiger partial charge >= 0.3 is 0 Å². The average molecular weight is 377 g/mol. The monoisotopic (exact) mass is 377 g/mol. The van der Waals surface area contributed by atoms with Crippen LogP contribution in [-0.4, -0.2) is 24.7 Å². The molecule has 0 aliphatic rings. The summed E-state index contributed by atoms with van der Waals surface area (Å²) in [5.74, 6) is 1.39. The molecule has 3 rings (SSSR count). The van der Waals surface area contributed by atoms with Crippen molar-refractivity contribution in [3.8, 4) is 11.5 Å². The fraction of sp³-hybridized carbons (Fsp3) is 0.292. The molecule has 28 heavy (non-hydrogen) atoms. The Kier molecular flexibility index (Phi) is 6.53. The Balaban J connectivity index is 1.59. The summed E-state index contributed by atoms with van der Waals surface area (Å²) < 4.78 is 11.8. The van der Waals surface area contributed by atoms with Crippen molar-refractivity contribution in [1.82, 2.24) is 5.32 Å². The Morgan fingerprint density at radius 3 is 2.46 bits per heavy atom. The van der Waals surface area contributed by atoms with Gasteiger partial charge in [-0.15, -0.1) is 0 Å². The number of hydrogen-bond acceptors (Lipinski definition) is 3. The van der Waals surface area contributed by atoms with E-state index >= 15 is 0 Å². The van der Waals surface area contributed by atoms with Crippen LogP contribution in [0, 0.1) is 6.92 Å². The zero-order chi connectivity index (χ0) is 19.9. The minimum Gasteiger partial charge on any atom is -0.491 e. The van der Waals surface area contributed by atoms with Gasteiger partial charge in [0.15, 0.2) is 6.10 Å². The van der Waals surface area contributed by atoms with Crippen molar-refractivity contribution in [1.29, 1.82) is 0 Å². The summed E-state index contributed by atoms with van der Waals surface area (Å²) in [6.07, 6.45) is 0.0354. The lowest BCUT2D eigenvalue weighted by Crippen LogP contribution is -2.44. The number of carbonyl (C=O) groups excluding carboxylic acids is 1. The summed E-state index contributed by atoms with van der Waals surface area (Å²) in [6.45, 7) is 6.31. The van der Waals surface area contributed by atoms with Gasteiger partial charge in [0.05, 0.1) is 6.04 Å². The van der Waals surface area contributed by atoms with Crippen molar-refractivity contribution in [3.63, 3.8) is 0 Å². The molecule has 0 bridgehead atoms. The van der Waals surface area contributed by atoms with Crippen LogP contribution in [0.5, 0.6) is 11.5 Å². The first-order chi connectivity index (χ1) is 13.6. The molecule has 0 heterocycles. The molecular formula is C24H27NO3. The molecule has 4 nitrogen and oxygen atoms in total. The summed E-state index contributed by atoms with van der Waals surface area (Å²) in [4.78, 5) is 12.7. The second kappa shape index (κ2) is 9.27. The van der Waals surface area contributed by atoms with Crippen molar-refractivity contribution in [2.24, 2.45) is 0 Å². The molecule has 0 aliphatic carbocycles. The van der Waals surface area contributed by atoms with Crippen LogP contribution in [0.2, 0.25) is 0 Å². The molecule has 146 valence electrons. The van der Waals surface area contributed by atoms with E-state index in [1.165, 1.54) is 5.56 Å². The van der Waals surface area contributed by atoms with Crippen LogP contribution in [0.25, 0.3) is 10.8 Å². The predicted octanol–water partition coefficient (Wildman–Crippen LogP) is 4.89. The third kappa shape index (κ3) is 5.03. The lowest BCUT2D eigenvalue weighted by Gasteiger charge is -2.21. The summed E-state index contributed by atoms with van der Waals surface area (Å²) in [5, 5.41) is 5.09. The van der Waals surface area contributed by atoms with Crippen LogP contribution in [-0.2, 0) is 4.79 Å². The van der Waals surface area contributed by atoms with Crippen LogP contribution >= 0.6 is 0 Å². The Morgan fingerprint density at radius 2 is 1.71 bits per heavy atom. The van der Waals surface area contributed by atoms with Crippen LogP contribution in [0.15, 0.2) is 66.7 Å². The van der Waals surface area contributed by atoms with Gasteiger partial charge in [-0.25, -0.2) is 0 Å². The first-order valence-electron chi connectivity index (χ1n) is 9.71. The highest BCUT2D eigenvalue weighted by Gasteiger charge is 2.21. The first-order valence-corrected chi connectivity index (χ1v) is 9.71. The topological polar surface area (TPSA) is 47.6 Å². The fourth-order valence-corrected chi connectivity index (χ4v) is 3.01. The van der Waals surface area contributed by atoms with Crippen molar-refractivity contribution in [2.75, 3.05) is 6.61 Å². The van der Waals surface area contributed by atoms with Gasteiger partial charge in [-0.3, -0.25) is 4.79 Å². The molecule has 3 aromatic carbocycles. The number of amides is 1. The zero-order valence-corrected chi connectivity index (χ0v) is 16.6. The van der Waals surface area contributed by atoms with E-state index in [0.717, 1.165) is 22.3 Å². The van der Waals surface area contributed by atoms with Gasteiger partial charge in [0, 0.05) is 5.39 Å². The molecular weight excluding hydrogens is 350 g/mol. The van der Waals surface area contributed by atoms with Gasteiger partial charge in [0.25, 0.3) is 5.91 Å². The quantitative estimate of drug-likeness (QED) is 0.608. The molecule has 4 heteroatoms. The van der Waals surface area contributed by atoms with Crippen molar-refractivity contribution in [3.05, 3.63) is 72.3 Å². The lowest BCUT2D eigenvalue weighted by molar-refractivity contribution is -0.128. The Morgan fingerprint density at radius 1 is 1.00 bits per heavy atom. The van der Waals surface area contributed by atoms with Gasteiger partial charge in [0.1, 0.15) is 18.1 Å². The maximum atomic E-state index is 12.7. The van der Waals surface area contributed by atoms with Gasteiger partial charge in [-0.2, -0.15) is 0 Å². The number of ether oxygens (including phenoxy) is 2. The van der Waals surface area contributed by atoms with E-state index in [4.69, 9.17) is 9.47 Å². The van der Waals surface area contributed by atoms with Gasteiger partial charge < -0.3 is 14.8 Å². The van der Waals surface area contributed by atoms with Crippen LogP contribution in [0.3, 0.4) is 0 Å². The number of nitrogens with one attached hydrogen (secondary N) is 1. The maximum Gasteiger partial charge on any atom is 0.261 e. The first kappa shape index (κ1) is 19.7. The van der Waals surface area contributed by atoms with Crippen LogP contribution in [0.4, 0.5) is 0 Å². The fourth-order valence-electron chi connectivity index (χ4n) is 3.01. The number of rotatable bonds is 8. The number of benzene rings is 3. The lowest BCUT2D eigenvalue weighted by atomic mass is 10.1. The van der Waals surface area contributed by atoms with Crippen LogP contribution in [0.1, 0.15) is 25.8 Å². The highest BCUT2D eigenvalue weighted by atomic mass is 16.5. The molecule has 1 N–H and O–H groups in total. The van der Waals surface area contributed by atoms with Crippen molar-refractivity contribution in [2.45, 2.75) is 39.3 Å². The van der Waals surface area contributed by atoms with E-state index in [1.807, 2.05) is 87.5 Å². The smallest absolute Gasteiger partial charge is 0.261 e. The maximum absolute atomic E-state index is 12.7. The molecule has 0 aliphatic heterocycles. The largest absolute Gasteiger partial charge is 0.491 e. The van der Waals surface area contributed by atoms with Gasteiger partial charge in [-0.1, -0.05) is 61.0 Å². The summed E-state index contributed by atoms with van der Waals surface area (Å²) >= 11 is 0. The van der Waals surface area contributed by atoms with E-state index in [-0.39, 0.29) is 11.9 Å². The highest BCUT2D eigenvalue weighted by Crippen LogP contribution is 2.26. The Hall–Kier alpha value is -3.01. The second-order valence-corrected chi connectivity index (χ2v) is 7.03. The van der Waals surface area contributed by atoms with Crippen molar-refractivity contribution >= 4 is 16.7 Å². The number of hydrogen-bond donors (Lipinski definition) is 1. The van der Waals surface area contributed by atoms with E-state index in [9.17, 15) is 4.79 Å². The standard InChI is InChI=1S/C24H27NO3/c1-4-22(28-23-11-7-9-19-8-5-6-10-21(19)23)24(26)25-18(3)16-27-20-14-12-17(2)13-15-20/h5-15,18,22H,4,16H2,1-3H3,(H,25,26). The third-order valence-electron chi connectivity index (χ3n) is 4.59. The second-order valence-electron chi connectivity index (χ2n) is 7.03. The van der Waals surface area contributed by atoms with E-state index in [0.29, 0.717) is 13.0 Å². The molecule has 0 spiro atoms. The molecule has 2 unspecified atom stereocenters. The van der Waals surface area contributed by atoms with Crippen molar-refractivity contribution < 1.29 is 14.3 Å². The molecule has 0 fully saturated rings. The molecule has 0 aromatic heterocycles. The van der Waals surface area contributed by atoms with E-state index < -0.39 is 6.10 Å². The Labute approximate surface area is 166 Å². The summed E-state index contributed by atoms with van der Waals surface area (Å²) in [5.41, 5.74) is 1.19. The number of fused-ring (bicyclic) bond motifs is 1. The molecule has 3 aromatic rings. The zero-order valence-electron chi connectivity index (χ0n) is 16.6. The van der Waals surface area contributed by atoms with Gasteiger partial charge in [-0.05, 0) is 43.9 Å². The summed E-state index contributed by atoms with van der Waals surface area (Å²) in [6, 6.07) is 21.6. The van der Waals surface area contributed by atoms with Gasteiger partial charge in [0.2, 0.25) is 0 Å². The Bertz CT molecular complexity index is 915. The third-order valence-corrected chi connectivity index (χ3v) is 4.59. The van der Waals surface area contributed by atoms with E-state index in [1.54, 1.807) is 0 Å².